The number of nitrogens with zero attached hydrogens (tertiary/aromatic N) is 1. The monoisotopic (exact) mass is 349 g/mol. The lowest BCUT2D eigenvalue weighted by Crippen LogP contribution is -2.09. The maximum Gasteiger partial charge on any atom is 0.341 e. The molecular formula is C20H15NO5. The van der Waals surface area contributed by atoms with E-state index in [4.69, 9.17) is 18.7 Å². The quantitative estimate of drug-likeness (QED) is 0.563. The summed E-state index contributed by atoms with van der Waals surface area (Å²) >= 11 is 0. The van der Waals surface area contributed by atoms with Gasteiger partial charge in [-0.1, -0.05) is 42.5 Å². The number of para-hydroxylation sites is 1. The molecule has 0 aliphatic carbocycles. The molecule has 2 aromatic heterocycles. The minimum Gasteiger partial charge on any atom is -0.479 e. The molecule has 0 atom stereocenters. The van der Waals surface area contributed by atoms with Crippen LogP contribution >= 0.6 is 0 Å². The predicted octanol–water partition coefficient (Wildman–Crippen LogP) is 4.14. The summed E-state index contributed by atoms with van der Waals surface area (Å²) in [5.74, 6) is -0.0704. The van der Waals surface area contributed by atoms with Crippen molar-refractivity contribution >= 4 is 16.9 Å². The molecule has 1 N–H and O–H groups in total. The van der Waals surface area contributed by atoms with E-state index in [9.17, 15) is 4.79 Å². The van der Waals surface area contributed by atoms with E-state index in [1.54, 1.807) is 24.7 Å². The second kappa shape index (κ2) is 6.76. The highest BCUT2D eigenvalue weighted by Gasteiger charge is 2.14. The van der Waals surface area contributed by atoms with Crippen molar-refractivity contribution < 1.29 is 23.5 Å². The smallest absolute Gasteiger partial charge is 0.341 e. The van der Waals surface area contributed by atoms with E-state index >= 15 is 0 Å². The van der Waals surface area contributed by atoms with Crippen molar-refractivity contribution in [3.63, 3.8) is 0 Å². The van der Waals surface area contributed by atoms with Crippen LogP contribution in [-0.2, 0) is 11.2 Å². The minimum absolute atomic E-state index is 0.397. The molecule has 0 aliphatic heterocycles. The molecule has 0 bridgehead atoms. The highest BCUT2D eigenvalue weighted by Crippen LogP contribution is 2.31. The highest BCUT2D eigenvalue weighted by molar-refractivity contribution is 5.86. The van der Waals surface area contributed by atoms with E-state index in [2.05, 4.69) is 4.98 Å². The first-order valence-electron chi connectivity index (χ1n) is 8.04. The van der Waals surface area contributed by atoms with Crippen LogP contribution in [0, 0.1) is 0 Å². The molecule has 0 unspecified atom stereocenters. The first kappa shape index (κ1) is 16.0. The van der Waals surface area contributed by atoms with Crippen LogP contribution in [0.2, 0.25) is 0 Å². The van der Waals surface area contributed by atoms with Gasteiger partial charge in [-0.3, -0.25) is 0 Å². The molecule has 130 valence electrons. The average Bonchev–Trinajstić information content (AvgIpc) is 3.29. The molecule has 0 saturated heterocycles. The zero-order valence-electron chi connectivity index (χ0n) is 13.7. The Morgan fingerprint density at radius 1 is 1.04 bits per heavy atom. The number of hydrogen-bond acceptors (Lipinski definition) is 5. The summed E-state index contributed by atoms with van der Waals surface area (Å²) in [5.41, 5.74) is 3.17. The number of hydrogen-bond donors (Lipinski definition) is 1. The number of ether oxygens (including phenoxy) is 1. The number of benzene rings is 2. The number of oxazole rings is 1. The van der Waals surface area contributed by atoms with Gasteiger partial charge in [0.2, 0.25) is 0 Å². The Bertz CT molecular complexity index is 1050. The van der Waals surface area contributed by atoms with Crippen LogP contribution in [0.4, 0.5) is 0 Å². The van der Waals surface area contributed by atoms with E-state index in [1.807, 2.05) is 36.4 Å². The second-order valence-electron chi connectivity index (χ2n) is 5.75. The molecule has 2 heterocycles. The lowest BCUT2D eigenvalue weighted by Gasteiger charge is -2.03. The summed E-state index contributed by atoms with van der Waals surface area (Å²) < 4.78 is 16.5. The Morgan fingerprint density at radius 2 is 1.88 bits per heavy atom. The van der Waals surface area contributed by atoms with Crippen LogP contribution in [0.1, 0.15) is 11.5 Å². The Labute approximate surface area is 148 Å². The SMILES string of the molecule is O=C(O)COc1cccc2c(Cc3nc(-c4ccccc4)co3)coc12. The van der Waals surface area contributed by atoms with Crippen LogP contribution < -0.4 is 4.74 Å². The normalized spacial score (nSPS) is 10.9. The van der Waals surface area contributed by atoms with Gasteiger partial charge in [0.15, 0.2) is 23.8 Å². The summed E-state index contributed by atoms with van der Waals surface area (Å²) in [6, 6.07) is 15.2. The fourth-order valence-electron chi connectivity index (χ4n) is 2.77. The number of aromatic nitrogens is 1. The van der Waals surface area contributed by atoms with Gasteiger partial charge in [0.05, 0.1) is 12.7 Å². The topological polar surface area (TPSA) is 85.7 Å². The van der Waals surface area contributed by atoms with Crippen molar-refractivity contribution in [2.45, 2.75) is 6.42 Å². The van der Waals surface area contributed by atoms with Gasteiger partial charge in [0.25, 0.3) is 0 Å². The molecule has 0 aliphatic rings. The third-order valence-electron chi connectivity index (χ3n) is 3.96. The van der Waals surface area contributed by atoms with Gasteiger partial charge in [-0.2, -0.15) is 0 Å². The summed E-state index contributed by atoms with van der Waals surface area (Å²) in [7, 11) is 0. The van der Waals surface area contributed by atoms with E-state index in [0.717, 1.165) is 22.2 Å². The first-order valence-corrected chi connectivity index (χ1v) is 8.04. The van der Waals surface area contributed by atoms with Crippen LogP contribution in [0.5, 0.6) is 5.75 Å². The first-order chi connectivity index (χ1) is 12.7. The number of carbonyl (C=O) groups is 1. The van der Waals surface area contributed by atoms with E-state index in [-0.39, 0.29) is 0 Å². The largest absolute Gasteiger partial charge is 0.479 e. The molecule has 4 aromatic rings. The van der Waals surface area contributed by atoms with E-state index < -0.39 is 12.6 Å². The Kier molecular flexibility index (Phi) is 4.15. The molecule has 2 aromatic carbocycles. The van der Waals surface area contributed by atoms with Gasteiger partial charge in [0, 0.05) is 16.5 Å². The van der Waals surface area contributed by atoms with Crippen molar-refractivity contribution in [3.8, 4) is 17.0 Å². The van der Waals surface area contributed by atoms with Gasteiger partial charge in [-0.05, 0) is 6.07 Å². The standard InChI is InChI=1S/C20H15NO5/c22-19(23)12-24-17-8-4-7-15-14(10-26-20(15)17)9-18-21-16(11-25-18)13-5-2-1-3-6-13/h1-8,10-11H,9,12H2,(H,22,23). The maximum atomic E-state index is 10.7. The predicted molar refractivity (Wildman–Crippen MR) is 94.1 cm³/mol. The van der Waals surface area contributed by atoms with E-state index in [1.165, 1.54) is 0 Å². The number of fused-ring (bicyclic) bond motifs is 1. The summed E-state index contributed by atoms with van der Waals surface area (Å²) in [4.78, 5) is 15.2. The Balaban J connectivity index is 1.59. The Morgan fingerprint density at radius 3 is 2.69 bits per heavy atom. The minimum atomic E-state index is -1.04. The fourth-order valence-corrected chi connectivity index (χ4v) is 2.77. The fraction of sp³-hybridized carbons (Fsp3) is 0.100. The van der Waals surface area contributed by atoms with Crippen LogP contribution in [0.15, 0.2) is 69.9 Å². The summed E-state index contributed by atoms with van der Waals surface area (Å²) in [6.07, 6.45) is 3.71. The van der Waals surface area contributed by atoms with Gasteiger partial charge in [-0.25, -0.2) is 9.78 Å². The second-order valence-corrected chi connectivity index (χ2v) is 5.75. The van der Waals surface area contributed by atoms with Crippen molar-refractivity contribution in [2.75, 3.05) is 6.61 Å². The number of aliphatic carboxylic acids is 1. The van der Waals surface area contributed by atoms with Crippen molar-refractivity contribution in [1.29, 1.82) is 0 Å². The third kappa shape index (κ3) is 3.17. The molecule has 0 fully saturated rings. The van der Waals surface area contributed by atoms with Crippen LogP contribution in [0.25, 0.3) is 22.2 Å². The molecule has 26 heavy (non-hydrogen) atoms. The average molecular weight is 349 g/mol. The van der Waals surface area contributed by atoms with Gasteiger partial charge in [0.1, 0.15) is 12.0 Å². The van der Waals surface area contributed by atoms with Crippen molar-refractivity contribution in [1.82, 2.24) is 4.98 Å². The zero-order valence-corrected chi connectivity index (χ0v) is 13.7. The molecule has 0 spiro atoms. The third-order valence-corrected chi connectivity index (χ3v) is 3.96. The van der Waals surface area contributed by atoms with Gasteiger partial charge < -0.3 is 18.7 Å². The molecule has 4 rings (SSSR count). The molecule has 0 saturated carbocycles. The molecule has 6 nitrogen and oxygen atoms in total. The van der Waals surface area contributed by atoms with Gasteiger partial charge in [-0.15, -0.1) is 0 Å². The highest BCUT2D eigenvalue weighted by atomic mass is 16.5. The summed E-state index contributed by atoms with van der Waals surface area (Å²) in [6.45, 7) is -0.421. The molecular weight excluding hydrogens is 334 g/mol. The summed E-state index contributed by atoms with van der Waals surface area (Å²) in [5, 5.41) is 9.61. The number of furan rings is 1. The number of carboxylic acids is 1. The lowest BCUT2D eigenvalue weighted by molar-refractivity contribution is -0.139. The molecule has 0 radical (unpaired) electrons. The molecule has 0 amide bonds. The van der Waals surface area contributed by atoms with Crippen LogP contribution in [0.3, 0.4) is 0 Å². The van der Waals surface area contributed by atoms with Crippen molar-refractivity contribution in [2.24, 2.45) is 0 Å². The maximum absolute atomic E-state index is 10.7. The van der Waals surface area contributed by atoms with Crippen molar-refractivity contribution in [3.05, 3.63) is 72.5 Å². The number of carboxylic acid groups (broad SMARTS) is 1. The molecule has 6 heteroatoms. The number of rotatable bonds is 6. The zero-order chi connectivity index (χ0) is 17.9. The van der Waals surface area contributed by atoms with Crippen LogP contribution in [-0.4, -0.2) is 22.7 Å². The van der Waals surface area contributed by atoms with Gasteiger partial charge >= 0.3 is 5.97 Å². The lowest BCUT2D eigenvalue weighted by atomic mass is 10.1. The Hall–Kier alpha value is -3.54. The van der Waals surface area contributed by atoms with E-state index in [0.29, 0.717) is 23.6 Å².